The highest BCUT2D eigenvalue weighted by Crippen LogP contribution is 2.07. The Hall–Kier alpha value is -0.910. The summed E-state index contributed by atoms with van der Waals surface area (Å²) in [5.74, 6) is 2.56. The summed E-state index contributed by atoms with van der Waals surface area (Å²) in [5.41, 5.74) is 2.05. The number of rotatable bonds is 3. The second kappa shape index (κ2) is 4.87. The van der Waals surface area contributed by atoms with Crippen LogP contribution < -0.4 is 0 Å². The summed E-state index contributed by atoms with van der Waals surface area (Å²) in [6.07, 6.45) is 7.11. The molecule has 0 atom stereocenters. The Morgan fingerprint density at radius 2 is 2.08 bits per heavy atom. The molecule has 1 rings (SSSR count). The molecule has 0 unspecified atom stereocenters. The third kappa shape index (κ3) is 2.61. The highest BCUT2D eigenvalue weighted by Gasteiger charge is 1.91. The average Bonchev–Trinajstić information content (AvgIpc) is 2.15. The Morgan fingerprint density at radius 3 is 2.58 bits per heavy atom. The summed E-state index contributed by atoms with van der Waals surface area (Å²) >= 11 is 1.37. The lowest BCUT2D eigenvalue weighted by Crippen LogP contribution is -1.85. The van der Waals surface area contributed by atoms with E-state index >= 15 is 0 Å². The van der Waals surface area contributed by atoms with Gasteiger partial charge in [0.15, 0.2) is 0 Å². The quantitative estimate of drug-likeness (QED) is 0.519. The van der Waals surface area contributed by atoms with Gasteiger partial charge in [-0.1, -0.05) is 18.1 Å². The van der Waals surface area contributed by atoms with Gasteiger partial charge in [-0.25, -0.2) is 0 Å². The molecule has 12 heavy (non-hydrogen) atoms. The van der Waals surface area contributed by atoms with E-state index in [9.17, 15) is 0 Å². The zero-order valence-corrected chi connectivity index (χ0v) is 7.73. The Kier molecular flexibility index (Phi) is 3.72. The minimum Gasteiger partial charge on any atom is -0.311 e. The Bertz CT molecular complexity index is 271. The van der Waals surface area contributed by atoms with Gasteiger partial charge >= 0.3 is 0 Å². The van der Waals surface area contributed by atoms with E-state index in [1.807, 2.05) is 30.5 Å². The molecule has 1 aromatic carbocycles. The molecule has 0 saturated heterocycles. The SMILES string of the molecule is C#Cc1ccc(COSC)cc1. The fourth-order valence-electron chi connectivity index (χ4n) is 0.824. The van der Waals surface area contributed by atoms with Crippen molar-refractivity contribution in [3.05, 3.63) is 35.4 Å². The third-order valence-electron chi connectivity index (χ3n) is 1.46. The summed E-state index contributed by atoms with van der Waals surface area (Å²) in [7, 11) is 0. The lowest BCUT2D eigenvalue weighted by atomic mass is 10.1. The summed E-state index contributed by atoms with van der Waals surface area (Å²) in [5, 5.41) is 0. The minimum atomic E-state index is 0.631. The highest BCUT2D eigenvalue weighted by atomic mass is 32.2. The van der Waals surface area contributed by atoms with E-state index in [4.69, 9.17) is 10.6 Å². The molecule has 0 radical (unpaired) electrons. The van der Waals surface area contributed by atoms with Crippen LogP contribution in [0.2, 0.25) is 0 Å². The molecular weight excluding hydrogens is 168 g/mol. The fraction of sp³-hybridized carbons (Fsp3) is 0.200. The predicted molar refractivity (Wildman–Crippen MR) is 52.7 cm³/mol. The number of benzene rings is 1. The largest absolute Gasteiger partial charge is 0.311 e. The first-order valence-electron chi connectivity index (χ1n) is 3.58. The van der Waals surface area contributed by atoms with Gasteiger partial charge in [0.1, 0.15) is 0 Å². The lowest BCUT2D eigenvalue weighted by Gasteiger charge is -1.99. The molecule has 0 aliphatic heterocycles. The summed E-state index contributed by atoms with van der Waals surface area (Å²) in [4.78, 5) is 0. The van der Waals surface area contributed by atoms with Gasteiger partial charge < -0.3 is 4.18 Å². The zero-order chi connectivity index (χ0) is 8.81. The van der Waals surface area contributed by atoms with Crippen molar-refractivity contribution in [3.8, 4) is 12.3 Å². The molecule has 0 bridgehead atoms. The zero-order valence-electron chi connectivity index (χ0n) is 6.91. The monoisotopic (exact) mass is 178 g/mol. The molecule has 0 saturated carbocycles. The minimum absolute atomic E-state index is 0.631. The van der Waals surface area contributed by atoms with Gasteiger partial charge in [-0.05, 0) is 29.7 Å². The molecule has 0 N–H and O–H groups in total. The normalized spacial score (nSPS) is 9.33. The van der Waals surface area contributed by atoms with Crippen LogP contribution in [-0.4, -0.2) is 6.26 Å². The number of hydrogen-bond donors (Lipinski definition) is 0. The van der Waals surface area contributed by atoms with E-state index in [1.165, 1.54) is 12.0 Å². The maximum Gasteiger partial charge on any atom is 0.0864 e. The molecule has 0 heterocycles. The molecule has 0 aliphatic rings. The van der Waals surface area contributed by atoms with Crippen molar-refractivity contribution in [2.45, 2.75) is 6.61 Å². The summed E-state index contributed by atoms with van der Waals surface area (Å²) < 4.78 is 5.16. The Labute approximate surface area is 77.3 Å². The van der Waals surface area contributed by atoms with Crippen LogP contribution in [0.3, 0.4) is 0 Å². The summed E-state index contributed by atoms with van der Waals surface area (Å²) in [6, 6.07) is 7.79. The molecule has 1 aromatic rings. The first-order chi connectivity index (χ1) is 5.86. The third-order valence-corrected chi connectivity index (χ3v) is 1.82. The molecule has 0 aromatic heterocycles. The van der Waals surface area contributed by atoms with E-state index in [1.54, 1.807) is 0 Å². The van der Waals surface area contributed by atoms with Gasteiger partial charge in [0.25, 0.3) is 0 Å². The van der Waals surface area contributed by atoms with E-state index in [2.05, 4.69) is 5.92 Å². The van der Waals surface area contributed by atoms with Crippen molar-refractivity contribution in [1.29, 1.82) is 0 Å². The van der Waals surface area contributed by atoms with Gasteiger partial charge in [0, 0.05) is 11.8 Å². The van der Waals surface area contributed by atoms with Crippen molar-refractivity contribution < 1.29 is 4.18 Å². The topological polar surface area (TPSA) is 9.23 Å². The van der Waals surface area contributed by atoms with Crippen LogP contribution in [0.25, 0.3) is 0 Å². The van der Waals surface area contributed by atoms with Gasteiger partial charge in [0.2, 0.25) is 0 Å². The molecule has 0 fully saturated rings. The maximum atomic E-state index is 5.21. The van der Waals surface area contributed by atoms with Crippen LogP contribution >= 0.6 is 12.0 Å². The number of terminal acetylenes is 1. The second-order valence-corrected chi connectivity index (χ2v) is 2.84. The second-order valence-electron chi connectivity index (χ2n) is 2.27. The van der Waals surface area contributed by atoms with Crippen LogP contribution in [0.15, 0.2) is 24.3 Å². The van der Waals surface area contributed by atoms with Crippen LogP contribution in [0.1, 0.15) is 11.1 Å². The molecule has 0 spiro atoms. The fourth-order valence-corrected chi connectivity index (χ4v) is 1.08. The van der Waals surface area contributed by atoms with Crippen LogP contribution in [-0.2, 0) is 10.8 Å². The summed E-state index contributed by atoms with van der Waals surface area (Å²) in [6.45, 7) is 0.631. The molecular formula is C10H10OS. The van der Waals surface area contributed by atoms with Crippen LogP contribution in [0.4, 0.5) is 0 Å². The van der Waals surface area contributed by atoms with Gasteiger partial charge in [-0.15, -0.1) is 6.42 Å². The Balaban J connectivity index is 2.60. The molecule has 2 heteroatoms. The van der Waals surface area contributed by atoms with E-state index in [0.29, 0.717) is 6.61 Å². The average molecular weight is 178 g/mol. The Morgan fingerprint density at radius 1 is 1.42 bits per heavy atom. The van der Waals surface area contributed by atoms with Crippen molar-refractivity contribution in [1.82, 2.24) is 0 Å². The molecule has 0 amide bonds. The van der Waals surface area contributed by atoms with Gasteiger partial charge in [0.05, 0.1) is 6.61 Å². The number of hydrogen-bond acceptors (Lipinski definition) is 2. The first-order valence-corrected chi connectivity index (χ1v) is 4.73. The molecule has 1 nitrogen and oxygen atoms in total. The predicted octanol–water partition coefficient (Wildman–Crippen LogP) is 2.46. The highest BCUT2D eigenvalue weighted by molar-refractivity contribution is 7.93. The molecule has 0 aliphatic carbocycles. The van der Waals surface area contributed by atoms with Crippen LogP contribution in [0, 0.1) is 12.3 Å². The van der Waals surface area contributed by atoms with Gasteiger partial charge in [-0.3, -0.25) is 0 Å². The van der Waals surface area contributed by atoms with Crippen molar-refractivity contribution in [3.63, 3.8) is 0 Å². The van der Waals surface area contributed by atoms with E-state index < -0.39 is 0 Å². The smallest absolute Gasteiger partial charge is 0.0864 e. The standard InChI is InChI=1S/C10H10OS/c1-3-9-4-6-10(7-5-9)8-11-12-2/h1,4-7H,8H2,2H3. The first kappa shape index (κ1) is 9.18. The maximum absolute atomic E-state index is 5.21. The van der Waals surface area contributed by atoms with E-state index in [0.717, 1.165) is 11.1 Å². The van der Waals surface area contributed by atoms with E-state index in [-0.39, 0.29) is 0 Å². The van der Waals surface area contributed by atoms with Crippen molar-refractivity contribution >= 4 is 12.0 Å². The van der Waals surface area contributed by atoms with Crippen molar-refractivity contribution in [2.24, 2.45) is 0 Å². The molecule has 62 valence electrons. The van der Waals surface area contributed by atoms with Gasteiger partial charge in [-0.2, -0.15) is 0 Å². The van der Waals surface area contributed by atoms with Crippen molar-refractivity contribution in [2.75, 3.05) is 6.26 Å². The lowest BCUT2D eigenvalue weighted by molar-refractivity contribution is 0.366. The van der Waals surface area contributed by atoms with Crippen LogP contribution in [0.5, 0.6) is 0 Å².